The predicted octanol–water partition coefficient (Wildman–Crippen LogP) is 7.88. The smallest absolute Gasteiger partial charge is 0.0162 e. The van der Waals surface area contributed by atoms with Gasteiger partial charge in [-0.3, -0.25) is 0 Å². The Morgan fingerprint density at radius 2 is 1.96 bits per heavy atom. The van der Waals surface area contributed by atoms with Gasteiger partial charge in [-0.2, -0.15) is 0 Å². The molecule has 1 aliphatic carbocycles. The van der Waals surface area contributed by atoms with Gasteiger partial charge < -0.3 is 0 Å². The molecule has 0 heterocycles. The maximum atomic E-state index is 4.33. The largest absolute Gasteiger partial charge is 0.0981 e. The van der Waals surface area contributed by atoms with E-state index in [0.717, 1.165) is 17.2 Å². The van der Waals surface area contributed by atoms with Crippen LogP contribution in [0.4, 0.5) is 0 Å². The lowest BCUT2D eigenvalue weighted by atomic mass is 9.84. The van der Waals surface area contributed by atoms with Crippen molar-refractivity contribution in [2.75, 3.05) is 0 Å². The summed E-state index contributed by atoms with van der Waals surface area (Å²) in [5, 5.41) is 2.27. The van der Waals surface area contributed by atoms with Gasteiger partial charge in [-0.1, -0.05) is 55.1 Å². The molecule has 0 saturated heterocycles. The third-order valence-corrected chi connectivity index (χ3v) is 7.69. The summed E-state index contributed by atoms with van der Waals surface area (Å²) in [5.74, 6) is 0.819. The fourth-order valence-electron chi connectivity index (χ4n) is 3.72. The van der Waals surface area contributed by atoms with Crippen LogP contribution in [-0.2, 0) is 19.3 Å². The summed E-state index contributed by atoms with van der Waals surface area (Å²) >= 11 is 4.18. The first-order chi connectivity index (χ1) is 12.8. The van der Waals surface area contributed by atoms with E-state index in [1.807, 2.05) is 0 Å². The molecule has 0 nitrogen and oxygen atoms in total. The lowest BCUT2D eigenvalue weighted by Crippen LogP contribution is -2.11. The van der Waals surface area contributed by atoms with E-state index in [0.29, 0.717) is 0 Å². The fraction of sp³-hybridized carbons (Fsp3) is 0.360. The minimum Gasteiger partial charge on any atom is -0.0981 e. The molecular weight excluding hydrogens is 459 g/mol. The molecule has 0 N–H and O–H groups in total. The molecule has 0 saturated carbocycles. The molecule has 0 aromatic heterocycles. The second-order valence-corrected chi connectivity index (χ2v) is 10.2. The van der Waals surface area contributed by atoms with Gasteiger partial charge in [0.15, 0.2) is 0 Å². The maximum absolute atomic E-state index is 4.33. The molecule has 142 valence electrons. The molecule has 2 aromatic rings. The SMILES string of the molecule is C=C(S/C=C(\C)Cc1cc(C)c(I)cc1C)c1ccc2c(c1)CCC(C)C2. The van der Waals surface area contributed by atoms with Crippen molar-refractivity contribution in [1.29, 1.82) is 0 Å². The molecule has 0 radical (unpaired) electrons. The van der Waals surface area contributed by atoms with Gasteiger partial charge in [-0.05, 0) is 120 Å². The molecular formula is C25H29IS. The molecule has 1 aliphatic rings. The Kier molecular flexibility index (Phi) is 6.91. The van der Waals surface area contributed by atoms with Crippen LogP contribution in [0.15, 0.2) is 47.9 Å². The molecule has 27 heavy (non-hydrogen) atoms. The van der Waals surface area contributed by atoms with Crippen molar-refractivity contribution in [2.45, 2.75) is 53.4 Å². The number of aryl methyl sites for hydroxylation is 3. The van der Waals surface area contributed by atoms with Gasteiger partial charge in [0.25, 0.3) is 0 Å². The Morgan fingerprint density at radius 3 is 2.74 bits per heavy atom. The number of halogens is 1. The lowest BCUT2D eigenvalue weighted by molar-refractivity contribution is 0.501. The van der Waals surface area contributed by atoms with Gasteiger partial charge in [0.1, 0.15) is 0 Å². The van der Waals surface area contributed by atoms with Crippen LogP contribution in [0, 0.1) is 23.3 Å². The molecule has 3 rings (SSSR count). The van der Waals surface area contributed by atoms with E-state index in [2.05, 4.69) is 92.6 Å². The molecule has 0 spiro atoms. The molecule has 0 fully saturated rings. The van der Waals surface area contributed by atoms with E-state index >= 15 is 0 Å². The van der Waals surface area contributed by atoms with E-state index in [9.17, 15) is 0 Å². The number of benzene rings is 2. The summed E-state index contributed by atoms with van der Waals surface area (Å²) in [5.41, 5.74) is 9.89. The van der Waals surface area contributed by atoms with Crippen LogP contribution in [0.2, 0.25) is 0 Å². The molecule has 1 unspecified atom stereocenters. The quantitative estimate of drug-likeness (QED) is 0.386. The third kappa shape index (κ3) is 5.29. The number of rotatable bonds is 5. The number of thioether (sulfide) groups is 1. The van der Waals surface area contributed by atoms with Crippen molar-refractivity contribution in [3.05, 3.63) is 84.8 Å². The van der Waals surface area contributed by atoms with Crippen molar-refractivity contribution in [3.8, 4) is 0 Å². The summed E-state index contributed by atoms with van der Waals surface area (Å²) < 4.78 is 1.35. The highest BCUT2D eigenvalue weighted by Gasteiger charge is 2.15. The summed E-state index contributed by atoms with van der Waals surface area (Å²) in [4.78, 5) is 1.14. The minimum absolute atomic E-state index is 0.819. The average Bonchev–Trinajstić information content (AvgIpc) is 2.63. The van der Waals surface area contributed by atoms with Crippen LogP contribution in [0.5, 0.6) is 0 Å². The molecule has 0 amide bonds. The van der Waals surface area contributed by atoms with E-state index in [1.54, 1.807) is 11.8 Å². The molecule has 0 aliphatic heterocycles. The average molecular weight is 488 g/mol. The van der Waals surface area contributed by atoms with Crippen molar-refractivity contribution in [2.24, 2.45) is 5.92 Å². The highest BCUT2D eigenvalue weighted by Crippen LogP contribution is 2.33. The predicted molar refractivity (Wildman–Crippen MR) is 130 cm³/mol. The summed E-state index contributed by atoms with van der Waals surface area (Å²) in [7, 11) is 0. The Balaban J connectivity index is 1.67. The van der Waals surface area contributed by atoms with E-state index in [4.69, 9.17) is 0 Å². The topological polar surface area (TPSA) is 0 Å². The van der Waals surface area contributed by atoms with Crippen LogP contribution in [0.1, 0.15) is 53.6 Å². The first kappa shape index (κ1) is 20.7. The number of hydrogen-bond donors (Lipinski definition) is 0. The van der Waals surface area contributed by atoms with Crippen LogP contribution in [-0.4, -0.2) is 0 Å². The van der Waals surface area contributed by atoms with Gasteiger partial charge in [-0.15, -0.1) is 0 Å². The number of fused-ring (bicyclic) bond motifs is 1. The van der Waals surface area contributed by atoms with E-state index in [1.165, 1.54) is 61.8 Å². The van der Waals surface area contributed by atoms with Crippen LogP contribution in [0.25, 0.3) is 4.91 Å². The molecule has 2 aromatic carbocycles. The first-order valence-electron chi connectivity index (χ1n) is 9.72. The second kappa shape index (κ2) is 9.00. The zero-order valence-electron chi connectivity index (χ0n) is 16.9. The number of hydrogen-bond acceptors (Lipinski definition) is 1. The Labute approximate surface area is 182 Å². The van der Waals surface area contributed by atoms with Crippen LogP contribution < -0.4 is 0 Å². The summed E-state index contributed by atoms with van der Waals surface area (Å²) in [6, 6.07) is 11.6. The summed E-state index contributed by atoms with van der Waals surface area (Å²) in [6.45, 7) is 13.3. The fourth-order valence-corrected chi connectivity index (χ4v) is 5.04. The van der Waals surface area contributed by atoms with Crippen LogP contribution in [0.3, 0.4) is 0 Å². The Morgan fingerprint density at radius 1 is 1.19 bits per heavy atom. The van der Waals surface area contributed by atoms with E-state index < -0.39 is 0 Å². The van der Waals surface area contributed by atoms with Crippen LogP contribution >= 0.6 is 34.4 Å². The second-order valence-electron chi connectivity index (χ2n) is 8.04. The lowest BCUT2D eigenvalue weighted by Gasteiger charge is -2.22. The standard InChI is InChI=1S/C25H29IS/c1-16-6-7-23-14-21(8-9-22(23)10-16)20(5)27-15-17(2)11-24-12-19(4)25(26)13-18(24)3/h8-9,12-16H,5-7,10-11H2,1-4H3/b17-15+. The zero-order valence-corrected chi connectivity index (χ0v) is 19.8. The van der Waals surface area contributed by atoms with Crippen molar-refractivity contribution in [1.82, 2.24) is 0 Å². The molecule has 0 bridgehead atoms. The third-order valence-electron chi connectivity index (χ3n) is 5.49. The molecule has 1 atom stereocenters. The summed E-state index contributed by atoms with van der Waals surface area (Å²) in [6.07, 6.45) is 4.75. The van der Waals surface area contributed by atoms with Gasteiger partial charge in [0.2, 0.25) is 0 Å². The highest BCUT2D eigenvalue weighted by molar-refractivity contribution is 14.1. The first-order valence-corrected chi connectivity index (χ1v) is 11.7. The Bertz CT molecular complexity index is 891. The van der Waals surface area contributed by atoms with Crippen molar-refractivity contribution in [3.63, 3.8) is 0 Å². The zero-order chi connectivity index (χ0) is 19.6. The van der Waals surface area contributed by atoms with Gasteiger partial charge in [-0.25, -0.2) is 0 Å². The minimum atomic E-state index is 0.819. The van der Waals surface area contributed by atoms with Crippen molar-refractivity contribution >= 4 is 39.3 Å². The normalized spacial score (nSPS) is 16.9. The van der Waals surface area contributed by atoms with Crippen molar-refractivity contribution < 1.29 is 0 Å². The Hall–Kier alpha value is -1.00. The monoisotopic (exact) mass is 488 g/mol. The number of allylic oxidation sites excluding steroid dienone is 1. The maximum Gasteiger partial charge on any atom is 0.0162 e. The van der Waals surface area contributed by atoms with Gasteiger partial charge in [0, 0.05) is 8.48 Å². The van der Waals surface area contributed by atoms with Gasteiger partial charge >= 0.3 is 0 Å². The van der Waals surface area contributed by atoms with Gasteiger partial charge in [0.05, 0.1) is 0 Å². The highest BCUT2D eigenvalue weighted by atomic mass is 127. The van der Waals surface area contributed by atoms with E-state index in [-0.39, 0.29) is 0 Å². The molecule has 2 heteroatoms.